The van der Waals surface area contributed by atoms with E-state index in [1.165, 1.54) is 0 Å². The van der Waals surface area contributed by atoms with Crippen LogP contribution in [0.4, 0.5) is 0 Å². The van der Waals surface area contributed by atoms with Gasteiger partial charge in [-0.05, 0) is 31.0 Å². The minimum Gasteiger partial charge on any atom is -0.497 e. The fourth-order valence-electron chi connectivity index (χ4n) is 1.72. The number of nitrogens with two attached hydrogens (primary N) is 1. The lowest BCUT2D eigenvalue weighted by atomic mass is 10.0. The molecule has 0 aliphatic heterocycles. The number of allylic oxidation sites excluding steroid dienone is 1. The summed E-state index contributed by atoms with van der Waals surface area (Å²) in [6.07, 6.45) is 3.62. The van der Waals surface area contributed by atoms with Gasteiger partial charge >= 0.3 is 0 Å². The van der Waals surface area contributed by atoms with E-state index >= 15 is 0 Å². The van der Waals surface area contributed by atoms with E-state index in [2.05, 4.69) is 12.0 Å². The Kier molecular flexibility index (Phi) is 5.52. The topological polar surface area (TPSA) is 56.5 Å². The van der Waals surface area contributed by atoms with Crippen molar-refractivity contribution in [1.29, 1.82) is 0 Å². The van der Waals surface area contributed by atoms with Crippen molar-refractivity contribution in [1.82, 2.24) is 5.43 Å². The summed E-state index contributed by atoms with van der Waals surface area (Å²) in [6, 6.07) is 5.71. The highest BCUT2D eigenvalue weighted by Crippen LogP contribution is 2.31. The number of hydrogen-bond acceptors (Lipinski definition) is 4. The lowest BCUT2D eigenvalue weighted by molar-refractivity contribution is 0.387. The Morgan fingerprint density at radius 3 is 2.71 bits per heavy atom. The fourth-order valence-corrected chi connectivity index (χ4v) is 1.72. The molecule has 0 aliphatic carbocycles. The molecule has 1 aromatic rings. The zero-order valence-corrected chi connectivity index (χ0v) is 10.4. The summed E-state index contributed by atoms with van der Waals surface area (Å²) in [5.74, 6) is 7.17. The fraction of sp³-hybridized carbons (Fsp3) is 0.385. The van der Waals surface area contributed by atoms with E-state index in [0.717, 1.165) is 29.9 Å². The van der Waals surface area contributed by atoms with Crippen LogP contribution in [0.25, 0.3) is 0 Å². The maximum atomic E-state index is 5.58. The Labute approximate surface area is 102 Å². The Balaban J connectivity index is 3.01. The summed E-state index contributed by atoms with van der Waals surface area (Å²) in [5.41, 5.74) is 3.79. The molecule has 1 aromatic carbocycles. The maximum absolute atomic E-state index is 5.58. The first-order chi connectivity index (χ1) is 8.26. The lowest BCUT2D eigenvalue weighted by Gasteiger charge is -2.19. The smallest absolute Gasteiger partial charge is 0.123 e. The van der Waals surface area contributed by atoms with Crippen molar-refractivity contribution in [3.63, 3.8) is 0 Å². The van der Waals surface area contributed by atoms with E-state index in [4.69, 9.17) is 15.3 Å². The first kappa shape index (κ1) is 13.5. The van der Waals surface area contributed by atoms with Gasteiger partial charge < -0.3 is 9.47 Å². The molecule has 0 spiro atoms. The second kappa shape index (κ2) is 6.93. The lowest BCUT2D eigenvalue weighted by Crippen LogP contribution is -2.28. The van der Waals surface area contributed by atoms with Gasteiger partial charge in [0.2, 0.25) is 0 Å². The summed E-state index contributed by atoms with van der Waals surface area (Å²) < 4.78 is 10.5. The van der Waals surface area contributed by atoms with E-state index in [0.29, 0.717) is 0 Å². The number of hydrazine groups is 1. The van der Waals surface area contributed by atoms with Gasteiger partial charge in [-0.25, -0.2) is 0 Å². The molecule has 1 rings (SSSR count). The largest absolute Gasteiger partial charge is 0.497 e. The Hall–Kier alpha value is -1.52. The van der Waals surface area contributed by atoms with E-state index in [1.54, 1.807) is 14.2 Å². The van der Waals surface area contributed by atoms with Crippen LogP contribution < -0.4 is 20.7 Å². The number of nitrogens with one attached hydrogen (secondary N) is 1. The third-order valence-electron chi connectivity index (χ3n) is 2.67. The van der Waals surface area contributed by atoms with Crippen molar-refractivity contribution in [2.45, 2.75) is 18.9 Å². The van der Waals surface area contributed by atoms with Crippen LogP contribution in [-0.2, 0) is 0 Å². The number of rotatable bonds is 7. The molecular formula is C13H20N2O2. The quantitative estimate of drug-likeness (QED) is 0.433. The molecule has 0 aromatic heterocycles. The van der Waals surface area contributed by atoms with Gasteiger partial charge in [-0.15, -0.1) is 6.58 Å². The van der Waals surface area contributed by atoms with Gasteiger partial charge in [0, 0.05) is 5.56 Å². The van der Waals surface area contributed by atoms with Gasteiger partial charge in [-0.3, -0.25) is 11.3 Å². The Bertz CT molecular complexity index is 366. The molecule has 1 atom stereocenters. The molecule has 0 fully saturated rings. The summed E-state index contributed by atoms with van der Waals surface area (Å²) in [7, 11) is 3.28. The van der Waals surface area contributed by atoms with Crippen molar-refractivity contribution < 1.29 is 9.47 Å². The normalized spacial score (nSPS) is 11.9. The van der Waals surface area contributed by atoms with Crippen molar-refractivity contribution in [2.24, 2.45) is 5.84 Å². The third-order valence-corrected chi connectivity index (χ3v) is 2.67. The highest BCUT2D eigenvalue weighted by molar-refractivity contribution is 5.42. The van der Waals surface area contributed by atoms with Crippen molar-refractivity contribution >= 4 is 0 Å². The number of benzene rings is 1. The number of methoxy groups -OCH3 is 2. The summed E-state index contributed by atoms with van der Waals surface area (Å²) in [4.78, 5) is 0. The zero-order chi connectivity index (χ0) is 12.7. The minimum atomic E-state index is 0.0260. The van der Waals surface area contributed by atoms with Crippen LogP contribution in [0.15, 0.2) is 30.9 Å². The molecule has 1 unspecified atom stereocenters. The number of hydrogen-bond donors (Lipinski definition) is 2. The molecule has 0 radical (unpaired) electrons. The standard InChI is InChI=1S/C13H20N2O2/c1-4-5-6-12(15-14)11-9-10(16-2)7-8-13(11)17-3/h4,7-9,12,15H,1,5-6,14H2,2-3H3. The predicted molar refractivity (Wildman–Crippen MR) is 69.0 cm³/mol. The highest BCUT2D eigenvalue weighted by Gasteiger charge is 2.15. The van der Waals surface area contributed by atoms with Crippen molar-refractivity contribution in [2.75, 3.05) is 14.2 Å². The zero-order valence-electron chi connectivity index (χ0n) is 10.4. The molecule has 4 heteroatoms. The first-order valence-electron chi connectivity index (χ1n) is 5.55. The Morgan fingerprint density at radius 1 is 1.41 bits per heavy atom. The third kappa shape index (κ3) is 3.47. The molecule has 0 saturated heterocycles. The first-order valence-corrected chi connectivity index (χ1v) is 5.55. The molecular weight excluding hydrogens is 216 g/mol. The molecule has 17 heavy (non-hydrogen) atoms. The van der Waals surface area contributed by atoms with Gasteiger partial charge in [-0.2, -0.15) is 0 Å². The molecule has 94 valence electrons. The van der Waals surface area contributed by atoms with Gasteiger partial charge in [-0.1, -0.05) is 6.08 Å². The average Bonchev–Trinajstić information content (AvgIpc) is 2.39. The van der Waals surface area contributed by atoms with Gasteiger partial charge in [0.1, 0.15) is 11.5 Å². The molecule has 0 heterocycles. The Morgan fingerprint density at radius 2 is 2.18 bits per heavy atom. The van der Waals surface area contributed by atoms with Gasteiger partial charge in [0.25, 0.3) is 0 Å². The van der Waals surface area contributed by atoms with Crippen LogP contribution in [0.2, 0.25) is 0 Å². The van der Waals surface area contributed by atoms with Crippen molar-refractivity contribution in [3.05, 3.63) is 36.4 Å². The van der Waals surface area contributed by atoms with Crippen LogP contribution in [0.1, 0.15) is 24.4 Å². The van der Waals surface area contributed by atoms with E-state index in [1.807, 2.05) is 24.3 Å². The van der Waals surface area contributed by atoms with E-state index in [-0.39, 0.29) is 6.04 Å². The molecule has 4 nitrogen and oxygen atoms in total. The summed E-state index contributed by atoms with van der Waals surface area (Å²) in [6.45, 7) is 3.71. The van der Waals surface area contributed by atoms with Crippen LogP contribution >= 0.6 is 0 Å². The van der Waals surface area contributed by atoms with E-state index < -0.39 is 0 Å². The second-order valence-corrected chi connectivity index (χ2v) is 3.69. The van der Waals surface area contributed by atoms with Crippen molar-refractivity contribution in [3.8, 4) is 11.5 Å². The summed E-state index contributed by atoms with van der Waals surface area (Å²) in [5, 5.41) is 0. The van der Waals surface area contributed by atoms with Gasteiger partial charge in [0.15, 0.2) is 0 Å². The highest BCUT2D eigenvalue weighted by atomic mass is 16.5. The number of ether oxygens (including phenoxy) is 2. The molecule has 0 amide bonds. The van der Waals surface area contributed by atoms with Crippen LogP contribution in [0.3, 0.4) is 0 Å². The molecule has 3 N–H and O–H groups in total. The van der Waals surface area contributed by atoms with Crippen LogP contribution in [-0.4, -0.2) is 14.2 Å². The monoisotopic (exact) mass is 236 g/mol. The van der Waals surface area contributed by atoms with Crippen LogP contribution in [0.5, 0.6) is 11.5 Å². The van der Waals surface area contributed by atoms with E-state index in [9.17, 15) is 0 Å². The molecule has 0 bridgehead atoms. The molecule has 0 aliphatic rings. The van der Waals surface area contributed by atoms with Crippen LogP contribution in [0, 0.1) is 0 Å². The second-order valence-electron chi connectivity index (χ2n) is 3.69. The average molecular weight is 236 g/mol. The SMILES string of the molecule is C=CCCC(NN)c1cc(OC)ccc1OC. The van der Waals surface area contributed by atoms with Gasteiger partial charge in [0.05, 0.1) is 20.3 Å². The maximum Gasteiger partial charge on any atom is 0.123 e. The summed E-state index contributed by atoms with van der Waals surface area (Å²) >= 11 is 0. The predicted octanol–water partition coefficient (Wildman–Crippen LogP) is 2.17. The minimum absolute atomic E-state index is 0.0260. The molecule has 0 saturated carbocycles.